The van der Waals surface area contributed by atoms with Gasteiger partial charge in [-0.15, -0.1) is 0 Å². The van der Waals surface area contributed by atoms with Crippen LogP contribution in [0.15, 0.2) is 30.3 Å². The summed E-state index contributed by atoms with van der Waals surface area (Å²) in [5.41, 5.74) is 2.06. The largest absolute Gasteiger partial charge is 0.348 e. The zero-order valence-electron chi connectivity index (χ0n) is 15.0. The Morgan fingerprint density at radius 3 is 2.60 bits per heavy atom. The van der Waals surface area contributed by atoms with E-state index in [1.54, 1.807) is 11.9 Å². The third kappa shape index (κ3) is 3.43. The van der Waals surface area contributed by atoms with E-state index in [0.29, 0.717) is 11.5 Å². The lowest BCUT2D eigenvalue weighted by Gasteiger charge is -2.20. The molecule has 0 saturated carbocycles. The minimum atomic E-state index is -0.206. The maximum absolute atomic E-state index is 13.0. The van der Waals surface area contributed by atoms with Gasteiger partial charge in [0.2, 0.25) is 5.82 Å². The van der Waals surface area contributed by atoms with Gasteiger partial charge in [0.1, 0.15) is 5.69 Å². The molecular weight excluding hydrogens is 316 g/mol. The first kappa shape index (κ1) is 17.2. The number of anilines is 1. The minimum Gasteiger partial charge on any atom is -0.348 e. The zero-order valence-corrected chi connectivity index (χ0v) is 15.0. The number of hydrogen-bond acceptors (Lipinski definition) is 3. The highest BCUT2D eigenvalue weighted by Gasteiger charge is 2.29. The summed E-state index contributed by atoms with van der Waals surface area (Å²) in [7, 11) is 1.73. The van der Waals surface area contributed by atoms with Crippen molar-refractivity contribution in [1.82, 2.24) is 14.9 Å². The molecule has 2 amide bonds. The van der Waals surface area contributed by atoms with Gasteiger partial charge in [0.25, 0.3) is 11.8 Å². The Kier molecular flexibility index (Phi) is 4.88. The molecule has 0 bridgehead atoms. The van der Waals surface area contributed by atoms with Crippen molar-refractivity contribution in [1.29, 1.82) is 0 Å². The average Bonchev–Trinajstić information content (AvgIpc) is 3.00. The first-order chi connectivity index (χ1) is 12.0. The van der Waals surface area contributed by atoms with Crippen LogP contribution in [-0.4, -0.2) is 34.5 Å². The maximum Gasteiger partial charge on any atom is 0.294 e. The molecule has 0 aliphatic carbocycles. The SMILES string of the molecule is CC(C)NC(=O)c1nc(C(=O)N(C)c2ccccc2)n2c1CCCC2. The molecule has 2 aromatic rings. The normalized spacial score (nSPS) is 13.4. The van der Waals surface area contributed by atoms with Crippen LogP contribution in [0.2, 0.25) is 0 Å². The van der Waals surface area contributed by atoms with Crippen LogP contribution in [0.4, 0.5) is 5.69 Å². The molecule has 0 saturated heterocycles. The Balaban J connectivity index is 1.97. The number of para-hydroxylation sites is 1. The second-order valence-corrected chi connectivity index (χ2v) is 6.67. The molecule has 25 heavy (non-hydrogen) atoms. The number of carbonyl (C=O) groups is 2. The van der Waals surface area contributed by atoms with E-state index in [1.165, 1.54) is 0 Å². The monoisotopic (exact) mass is 340 g/mol. The van der Waals surface area contributed by atoms with E-state index in [-0.39, 0.29) is 17.9 Å². The van der Waals surface area contributed by atoms with Crippen LogP contribution in [-0.2, 0) is 13.0 Å². The van der Waals surface area contributed by atoms with Gasteiger partial charge in [-0.3, -0.25) is 9.59 Å². The lowest BCUT2D eigenvalue weighted by Crippen LogP contribution is -2.31. The number of nitrogens with zero attached hydrogens (tertiary/aromatic N) is 3. The molecule has 1 aromatic heterocycles. The van der Waals surface area contributed by atoms with E-state index in [2.05, 4.69) is 10.3 Å². The third-order valence-electron chi connectivity index (χ3n) is 4.39. The summed E-state index contributed by atoms with van der Waals surface area (Å²) in [6.07, 6.45) is 2.77. The number of fused-ring (bicyclic) bond motifs is 1. The highest BCUT2D eigenvalue weighted by atomic mass is 16.2. The van der Waals surface area contributed by atoms with Gasteiger partial charge in [-0.25, -0.2) is 4.98 Å². The molecule has 0 radical (unpaired) electrons. The van der Waals surface area contributed by atoms with Crippen LogP contribution in [0.1, 0.15) is 53.5 Å². The molecule has 6 nitrogen and oxygen atoms in total. The number of carbonyl (C=O) groups excluding carboxylic acids is 2. The minimum absolute atomic E-state index is 0.0274. The van der Waals surface area contributed by atoms with Crippen LogP contribution in [0.3, 0.4) is 0 Å². The molecule has 0 unspecified atom stereocenters. The molecule has 0 spiro atoms. The lowest BCUT2D eigenvalue weighted by molar-refractivity contribution is 0.0937. The number of rotatable bonds is 4. The van der Waals surface area contributed by atoms with Crippen molar-refractivity contribution in [2.75, 3.05) is 11.9 Å². The van der Waals surface area contributed by atoms with E-state index < -0.39 is 0 Å². The predicted molar refractivity (Wildman–Crippen MR) is 96.9 cm³/mol. The standard InChI is InChI=1S/C19H24N4O2/c1-13(2)20-18(24)16-15-11-7-8-12-23(15)17(21-16)19(25)22(3)14-9-5-4-6-10-14/h4-6,9-10,13H,7-8,11-12H2,1-3H3,(H,20,24). The fraction of sp³-hybridized carbons (Fsp3) is 0.421. The molecule has 2 heterocycles. The molecule has 1 N–H and O–H groups in total. The Hall–Kier alpha value is -2.63. The van der Waals surface area contributed by atoms with Crippen molar-refractivity contribution in [2.24, 2.45) is 0 Å². The highest BCUT2D eigenvalue weighted by Crippen LogP contribution is 2.23. The molecule has 1 aliphatic heterocycles. The number of hydrogen-bond donors (Lipinski definition) is 1. The van der Waals surface area contributed by atoms with E-state index >= 15 is 0 Å². The Bertz CT molecular complexity index is 780. The number of amides is 2. The number of aromatic nitrogens is 2. The summed E-state index contributed by atoms with van der Waals surface area (Å²) < 4.78 is 1.92. The second-order valence-electron chi connectivity index (χ2n) is 6.67. The Morgan fingerprint density at radius 2 is 1.92 bits per heavy atom. The van der Waals surface area contributed by atoms with Gasteiger partial charge in [-0.05, 0) is 45.2 Å². The van der Waals surface area contributed by atoms with Crippen LogP contribution in [0.5, 0.6) is 0 Å². The molecule has 1 aliphatic rings. The zero-order chi connectivity index (χ0) is 18.0. The molecule has 3 rings (SSSR count). The van der Waals surface area contributed by atoms with Crippen LogP contribution < -0.4 is 10.2 Å². The van der Waals surface area contributed by atoms with E-state index in [1.807, 2.05) is 48.7 Å². The van der Waals surface area contributed by atoms with E-state index in [0.717, 1.165) is 37.2 Å². The molecule has 132 valence electrons. The Labute approximate surface area is 147 Å². The van der Waals surface area contributed by atoms with E-state index in [4.69, 9.17) is 0 Å². The van der Waals surface area contributed by atoms with Gasteiger partial charge in [-0.1, -0.05) is 18.2 Å². The first-order valence-electron chi connectivity index (χ1n) is 8.72. The predicted octanol–water partition coefficient (Wildman–Crippen LogP) is 2.63. The van der Waals surface area contributed by atoms with Crippen LogP contribution in [0.25, 0.3) is 0 Å². The fourth-order valence-electron chi connectivity index (χ4n) is 3.14. The van der Waals surface area contributed by atoms with Crippen molar-refractivity contribution < 1.29 is 9.59 Å². The summed E-state index contributed by atoms with van der Waals surface area (Å²) in [4.78, 5) is 31.5. The third-order valence-corrected chi connectivity index (χ3v) is 4.39. The number of nitrogens with one attached hydrogen (secondary N) is 1. The topological polar surface area (TPSA) is 67.2 Å². The van der Waals surface area contributed by atoms with Crippen molar-refractivity contribution in [3.05, 3.63) is 47.5 Å². The first-order valence-corrected chi connectivity index (χ1v) is 8.72. The molecule has 1 aromatic carbocycles. The van der Waals surface area contributed by atoms with Gasteiger partial charge in [0, 0.05) is 25.3 Å². The molecule has 0 fully saturated rings. The highest BCUT2D eigenvalue weighted by molar-refractivity contribution is 6.05. The lowest BCUT2D eigenvalue weighted by atomic mass is 10.1. The van der Waals surface area contributed by atoms with Crippen molar-refractivity contribution in [3.8, 4) is 0 Å². The molecular formula is C19H24N4O2. The quantitative estimate of drug-likeness (QED) is 0.930. The number of imidazole rings is 1. The Morgan fingerprint density at radius 1 is 1.20 bits per heavy atom. The van der Waals surface area contributed by atoms with Gasteiger partial charge in [0.05, 0.1) is 5.69 Å². The molecule has 0 atom stereocenters. The van der Waals surface area contributed by atoms with Gasteiger partial charge in [-0.2, -0.15) is 0 Å². The maximum atomic E-state index is 13.0. The summed E-state index contributed by atoms with van der Waals surface area (Å²) in [5, 5.41) is 2.88. The van der Waals surface area contributed by atoms with E-state index in [9.17, 15) is 9.59 Å². The fourth-order valence-corrected chi connectivity index (χ4v) is 3.14. The summed E-state index contributed by atoms with van der Waals surface area (Å²) >= 11 is 0. The average molecular weight is 340 g/mol. The van der Waals surface area contributed by atoms with Gasteiger partial charge in [0.15, 0.2) is 0 Å². The second kappa shape index (κ2) is 7.09. The van der Waals surface area contributed by atoms with Crippen molar-refractivity contribution >= 4 is 17.5 Å². The summed E-state index contributed by atoms with van der Waals surface area (Å²) in [6, 6.07) is 9.48. The van der Waals surface area contributed by atoms with Gasteiger partial charge < -0.3 is 14.8 Å². The van der Waals surface area contributed by atoms with Crippen molar-refractivity contribution in [2.45, 2.75) is 45.7 Å². The van der Waals surface area contributed by atoms with Crippen LogP contribution >= 0.6 is 0 Å². The molecule has 6 heteroatoms. The smallest absolute Gasteiger partial charge is 0.294 e. The van der Waals surface area contributed by atoms with Crippen molar-refractivity contribution in [3.63, 3.8) is 0 Å². The summed E-state index contributed by atoms with van der Waals surface area (Å²) in [5.74, 6) is -0.0602. The number of benzene rings is 1. The van der Waals surface area contributed by atoms with Gasteiger partial charge >= 0.3 is 0 Å². The van der Waals surface area contributed by atoms with Crippen LogP contribution in [0, 0.1) is 0 Å². The summed E-state index contributed by atoms with van der Waals surface area (Å²) in [6.45, 7) is 4.55.